The number of nitrogens with one attached hydrogen (secondary N) is 1. The molecule has 0 heterocycles. The van der Waals surface area contributed by atoms with Crippen molar-refractivity contribution in [2.24, 2.45) is 0 Å². The molecule has 4 nitrogen and oxygen atoms in total. The largest absolute Gasteiger partial charge is 0.274 e. The number of unbranched alkanes of at least 4 members (excludes halogenated alkanes) is 9. The monoisotopic (exact) mass is 381 g/mol. The first kappa shape index (κ1) is 22.7. The molecule has 26 heavy (non-hydrogen) atoms. The van der Waals surface area contributed by atoms with Gasteiger partial charge in [0.15, 0.2) is 0 Å². The van der Waals surface area contributed by atoms with Gasteiger partial charge in [0.2, 0.25) is 5.91 Å². The zero-order valence-corrected chi connectivity index (χ0v) is 17.2. The van der Waals surface area contributed by atoms with Gasteiger partial charge in [0.05, 0.1) is 4.90 Å². The van der Waals surface area contributed by atoms with Gasteiger partial charge >= 0.3 is 0 Å². The first-order chi connectivity index (χ1) is 12.5. The highest BCUT2D eigenvalue weighted by Crippen LogP contribution is 2.19. The van der Waals surface area contributed by atoms with Crippen LogP contribution in [0.4, 0.5) is 0 Å². The van der Waals surface area contributed by atoms with Gasteiger partial charge in [-0.05, 0) is 24.5 Å². The molecular weight excluding hydrogens is 346 g/mol. The normalized spacial score (nSPS) is 11.5. The van der Waals surface area contributed by atoms with E-state index in [1.807, 2.05) is 12.1 Å². The van der Waals surface area contributed by atoms with Crippen LogP contribution >= 0.6 is 0 Å². The third kappa shape index (κ3) is 8.84. The van der Waals surface area contributed by atoms with E-state index in [0.29, 0.717) is 0 Å². The molecular formula is C21H35NO3S. The van der Waals surface area contributed by atoms with E-state index in [2.05, 4.69) is 11.6 Å². The quantitative estimate of drug-likeness (QED) is 0.441. The van der Waals surface area contributed by atoms with Crippen LogP contribution in [0.15, 0.2) is 29.2 Å². The fourth-order valence-corrected chi connectivity index (χ4v) is 4.38. The number of sulfonamides is 1. The van der Waals surface area contributed by atoms with Crippen molar-refractivity contribution in [3.8, 4) is 0 Å². The smallest absolute Gasteiger partial charge is 0.264 e. The lowest BCUT2D eigenvalue weighted by Gasteiger charge is -2.11. The first-order valence-electron chi connectivity index (χ1n) is 10.1. The fraction of sp³-hybridized carbons (Fsp3) is 0.667. The van der Waals surface area contributed by atoms with E-state index < -0.39 is 15.9 Å². The van der Waals surface area contributed by atoms with E-state index in [0.717, 1.165) is 24.8 Å². The minimum Gasteiger partial charge on any atom is -0.274 e. The zero-order chi connectivity index (χ0) is 19.3. The van der Waals surface area contributed by atoms with Gasteiger partial charge in [-0.1, -0.05) is 89.8 Å². The molecule has 5 heteroatoms. The summed E-state index contributed by atoms with van der Waals surface area (Å²) in [6, 6.07) is 6.98. The van der Waals surface area contributed by atoms with Gasteiger partial charge in [-0.15, -0.1) is 0 Å². The summed E-state index contributed by atoms with van der Waals surface area (Å²) in [5.74, 6) is -0.473. The van der Waals surface area contributed by atoms with Gasteiger partial charge in [-0.2, -0.15) is 0 Å². The molecule has 0 atom stereocenters. The summed E-state index contributed by atoms with van der Waals surface area (Å²) in [6.07, 6.45) is 13.4. The molecule has 0 fully saturated rings. The topological polar surface area (TPSA) is 63.2 Å². The van der Waals surface area contributed by atoms with E-state index >= 15 is 0 Å². The molecule has 0 aromatic heterocycles. The molecule has 1 aromatic rings. The molecule has 1 amide bonds. The van der Waals surface area contributed by atoms with Crippen LogP contribution in [0.25, 0.3) is 0 Å². The van der Waals surface area contributed by atoms with Crippen LogP contribution in [0.1, 0.15) is 90.0 Å². The summed E-state index contributed by atoms with van der Waals surface area (Å²) in [4.78, 5) is 11.7. The van der Waals surface area contributed by atoms with Crippen LogP contribution in [0, 0.1) is 0 Å². The third-order valence-corrected chi connectivity index (χ3v) is 6.10. The molecule has 0 radical (unpaired) electrons. The molecule has 0 aliphatic heterocycles. The van der Waals surface area contributed by atoms with Crippen molar-refractivity contribution < 1.29 is 13.2 Å². The molecule has 0 spiro atoms. The second-order valence-corrected chi connectivity index (χ2v) is 8.57. The molecule has 0 unspecified atom stereocenters. The van der Waals surface area contributed by atoms with Crippen molar-refractivity contribution in [1.82, 2.24) is 4.72 Å². The van der Waals surface area contributed by atoms with Crippen LogP contribution in [0.2, 0.25) is 0 Å². The predicted molar refractivity (Wildman–Crippen MR) is 108 cm³/mol. The van der Waals surface area contributed by atoms with Gasteiger partial charge in [0.25, 0.3) is 10.0 Å². The molecule has 1 N–H and O–H groups in total. The second-order valence-electron chi connectivity index (χ2n) is 6.92. The van der Waals surface area contributed by atoms with Gasteiger partial charge in [-0.3, -0.25) is 4.79 Å². The number of carbonyl (C=O) groups excluding carboxylic acids is 1. The lowest BCUT2D eigenvalue weighted by Crippen LogP contribution is -2.30. The van der Waals surface area contributed by atoms with E-state index in [1.54, 1.807) is 19.1 Å². The molecule has 1 rings (SSSR count). The van der Waals surface area contributed by atoms with E-state index in [9.17, 15) is 13.2 Å². The molecule has 0 bridgehead atoms. The second kappa shape index (κ2) is 12.9. The minimum absolute atomic E-state index is 0.153. The molecule has 148 valence electrons. The maximum absolute atomic E-state index is 12.4. The van der Waals surface area contributed by atoms with Crippen LogP contribution in [-0.2, 0) is 21.2 Å². The molecule has 0 saturated carbocycles. The summed E-state index contributed by atoms with van der Waals surface area (Å²) in [5, 5.41) is 0. The minimum atomic E-state index is -3.76. The first-order valence-corrected chi connectivity index (χ1v) is 11.6. The number of aryl methyl sites for hydroxylation is 1. The Hall–Kier alpha value is -1.36. The van der Waals surface area contributed by atoms with Crippen LogP contribution in [0.3, 0.4) is 0 Å². The summed E-state index contributed by atoms with van der Waals surface area (Å²) >= 11 is 0. The van der Waals surface area contributed by atoms with Gasteiger partial charge in [0.1, 0.15) is 0 Å². The highest BCUT2D eigenvalue weighted by Gasteiger charge is 2.19. The third-order valence-electron chi connectivity index (χ3n) is 4.63. The lowest BCUT2D eigenvalue weighted by molar-refractivity contribution is -0.119. The summed E-state index contributed by atoms with van der Waals surface area (Å²) in [6.45, 7) is 3.88. The van der Waals surface area contributed by atoms with Crippen LogP contribution < -0.4 is 4.72 Å². The molecule has 0 aliphatic rings. The standard InChI is InChI=1S/C21H35NO3S/c1-3-5-6-7-8-9-10-11-12-13-16-19-17-14-15-18-20(19)26(24,25)22-21(23)4-2/h14-15,17-18H,3-13,16H2,1-2H3,(H,22,23). The van der Waals surface area contributed by atoms with Gasteiger partial charge in [0, 0.05) is 6.42 Å². The predicted octanol–water partition coefficient (Wildman–Crippen LogP) is 5.36. The average molecular weight is 382 g/mol. The van der Waals surface area contributed by atoms with Crippen molar-refractivity contribution in [1.29, 1.82) is 0 Å². The van der Waals surface area contributed by atoms with Crippen molar-refractivity contribution in [2.75, 3.05) is 0 Å². The fourth-order valence-electron chi connectivity index (χ4n) is 3.05. The summed E-state index contributed by atoms with van der Waals surface area (Å²) in [5.41, 5.74) is 0.795. The van der Waals surface area contributed by atoms with Crippen molar-refractivity contribution >= 4 is 15.9 Å². The Morgan fingerprint density at radius 2 is 1.38 bits per heavy atom. The maximum Gasteiger partial charge on any atom is 0.264 e. The molecule has 0 aliphatic carbocycles. The molecule has 1 aromatic carbocycles. The van der Waals surface area contributed by atoms with Crippen LogP contribution in [-0.4, -0.2) is 14.3 Å². The van der Waals surface area contributed by atoms with Crippen LogP contribution in [0.5, 0.6) is 0 Å². The molecule has 0 saturated heterocycles. The Morgan fingerprint density at radius 3 is 1.96 bits per heavy atom. The van der Waals surface area contributed by atoms with Crippen molar-refractivity contribution in [3.05, 3.63) is 29.8 Å². The highest BCUT2D eigenvalue weighted by molar-refractivity contribution is 7.90. The summed E-state index contributed by atoms with van der Waals surface area (Å²) in [7, 11) is -3.76. The highest BCUT2D eigenvalue weighted by atomic mass is 32.2. The number of hydrogen-bond acceptors (Lipinski definition) is 3. The number of hydrogen-bond donors (Lipinski definition) is 1. The summed E-state index contributed by atoms with van der Waals surface area (Å²) < 4.78 is 26.9. The number of carbonyl (C=O) groups is 1. The van der Waals surface area contributed by atoms with Crippen molar-refractivity contribution in [3.63, 3.8) is 0 Å². The van der Waals surface area contributed by atoms with Gasteiger partial charge < -0.3 is 0 Å². The zero-order valence-electron chi connectivity index (χ0n) is 16.4. The Morgan fingerprint density at radius 1 is 0.846 bits per heavy atom. The van der Waals surface area contributed by atoms with Gasteiger partial charge in [-0.25, -0.2) is 13.1 Å². The Kier molecular flexibility index (Phi) is 11.3. The van der Waals surface area contributed by atoms with Crippen molar-refractivity contribution in [2.45, 2.75) is 95.8 Å². The average Bonchev–Trinajstić information content (AvgIpc) is 2.63. The number of amides is 1. The number of benzene rings is 1. The lowest BCUT2D eigenvalue weighted by atomic mass is 10.0. The van der Waals surface area contributed by atoms with E-state index in [1.165, 1.54) is 51.4 Å². The Labute approximate surface area is 159 Å². The number of rotatable bonds is 14. The van der Waals surface area contributed by atoms with E-state index in [4.69, 9.17) is 0 Å². The maximum atomic E-state index is 12.4. The Balaban J connectivity index is 2.37. The SMILES string of the molecule is CCCCCCCCCCCCc1ccccc1S(=O)(=O)NC(=O)CC. The van der Waals surface area contributed by atoms with E-state index in [-0.39, 0.29) is 11.3 Å². The Bertz CT molecular complexity index is 626.